The quantitative estimate of drug-likeness (QED) is 0.161. The zero-order chi connectivity index (χ0) is 30.0. The van der Waals surface area contributed by atoms with Crippen molar-refractivity contribution in [1.29, 1.82) is 0 Å². The maximum Gasteiger partial charge on any atom is 0.275 e. The second-order valence-electron chi connectivity index (χ2n) is 11.0. The molecule has 0 saturated carbocycles. The zero-order valence-electron chi connectivity index (χ0n) is 24.5. The summed E-state index contributed by atoms with van der Waals surface area (Å²) in [6.45, 7) is 2.99. The Labute approximate surface area is 263 Å². The van der Waals surface area contributed by atoms with Gasteiger partial charge < -0.3 is 19.0 Å². The summed E-state index contributed by atoms with van der Waals surface area (Å²) < 4.78 is 13.0. The number of hydrogen-bond acceptors (Lipinski definition) is 9. The van der Waals surface area contributed by atoms with Gasteiger partial charge in [-0.3, -0.25) is 14.2 Å². The number of fused-ring (bicyclic) bond motifs is 3. The Bertz CT molecular complexity index is 1860. The van der Waals surface area contributed by atoms with Gasteiger partial charge in [0.05, 0.1) is 30.5 Å². The average Bonchev–Trinajstić information content (AvgIpc) is 3.70. The van der Waals surface area contributed by atoms with E-state index < -0.39 is 0 Å². The Morgan fingerprint density at radius 1 is 1.00 bits per heavy atom. The summed E-state index contributed by atoms with van der Waals surface area (Å²) >= 11 is 3.07. The lowest BCUT2D eigenvalue weighted by molar-refractivity contribution is 0.0740. The van der Waals surface area contributed by atoms with Gasteiger partial charge in [0.1, 0.15) is 16.8 Å². The normalized spacial score (nSPS) is 15.0. The zero-order valence-corrected chi connectivity index (χ0v) is 26.2. The van der Waals surface area contributed by atoms with E-state index in [1.54, 1.807) is 23.0 Å². The Morgan fingerprint density at radius 3 is 2.59 bits per heavy atom. The number of rotatable bonds is 8. The first kappa shape index (κ1) is 28.7. The van der Waals surface area contributed by atoms with E-state index in [1.165, 1.54) is 28.5 Å². The number of benzene rings is 2. The summed E-state index contributed by atoms with van der Waals surface area (Å²) in [4.78, 5) is 42.9. The van der Waals surface area contributed by atoms with Gasteiger partial charge in [0.15, 0.2) is 10.9 Å². The molecule has 0 N–H and O–H groups in total. The van der Waals surface area contributed by atoms with Crippen LogP contribution >= 0.6 is 23.1 Å². The molecule has 2 aromatic carbocycles. The first-order valence-electron chi connectivity index (χ1n) is 14.9. The number of methoxy groups -OCH3 is 1. The number of nitrogens with zero attached hydrogens (tertiary/aromatic N) is 5. The second-order valence-corrected chi connectivity index (χ2v) is 13.1. The van der Waals surface area contributed by atoms with Crippen molar-refractivity contribution in [2.24, 2.45) is 0 Å². The van der Waals surface area contributed by atoms with Gasteiger partial charge >= 0.3 is 0 Å². The molecule has 5 aromatic rings. The molecule has 44 heavy (non-hydrogen) atoms. The average molecular weight is 628 g/mol. The number of piperazine rings is 1. The molecule has 226 valence electrons. The number of carbonyl (C=O) groups excluding carboxylic acids is 1. The first-order chi connectivity index (χ1) is 21.6. The largest absolute Gasteiger partial charge is 0.495 e. The standard InChI is InChI=1S/C33H33N5O4S2/c1-41-26-13-7-6-12-25(26)36-15-17-37(18-16-36)31(39)24-20-42-28(34-24)21-43-33-35-30-29(23-11-5-8-14-27(23)44-30)32(40)38(33)19-22-9-3-2-4-10-22/h2-4,6-7,9-10,12-13,20H,5,8,11,14-19,21H2,1H3. The maximum absolute atomic E-state index is 13.9. The van der Waals surface area contributed by atoms with Crippen molar-refractivity contribution in [2.45, 2.75) is 43.1 Å². The second kappa shape index (κ2) is 12.5. The van der Waals surface area contributed by atoms with E-state index in [9.17, 15) is 9.59 Å². The lowest BCUT2D eigenvalue weighted by atomic mass is 9.97. The van der Waals surface area contributed by atoms with Crippen molar-refractivity contribution in [3.05, 3.63) is 98.8 Å². The number of amides is 1. The van der Waals surface area contributed by atoms with Crippen molar-refractivity contribution >= 4 is 44.9 Å². The molecule has 1 aliphatic heterocycles. The molecular weight excluding hydrogens is 595 g/mol. The van der Waals surface area contributed by atoms with Crippen LogP contribution < -0.4 is 15.2 Å². The van der Waals surface area contributed by atoms with Crippen LogP contribution in [0, 0.1) is 0 Å². The van der Waals surface area contributed by atoms with Crippen LogP contribution in [0.5, 0.6) is 5.75 Å². The van der Waals surface area contributed by atoms with Crippen LogP contribution in [0.2, 0.25) is 0 Å². The summed E-state index contributed by atoms with van der Waals surface area (Å²) in [7, 11) is 1.67. The Kier molecular flexibility index (Phi) is 8.14. The van der Waals surface area contributed by atoms with Crippen LogP contribution in [-0.4, -0.2) is 58.6 Å². The van der Waals surface area contributed by atoms with Gasteiger partial charge in [0.2, 0.25) is 5.89 Å². The fourth-order valence-electron chi connectivity index (χ4n) is 6.04. The number of para-hydroxylation sites is 2. The third kappa shape index (κ3) is 5.61. The van der Waals surface area contributed by atoms with Crippen molar-refractivity contribution < 1.29 is 13.9 Å². The van der Waals surface area contributed by atoms with Crippen LogP contribution in [0.25, 0.3) is 10.2 Å². The maximum atomic E-state index is 13.9. The molecule has 11 heteroatoms. The summed E-state index contributed by atoms with van der Waals surface area (Å²) in [5.74, 6) is 1.46. The van der Waals surface area contributed by atoms with E-state index in [1.807, 2.05) is 59.5 Å². The van der Waals surface area contributed by atoms with Gasteiger partial charge in [-0.15, -0.1) is 11.3 Å². The van der Waals surface area contributed by atoms with Crippen molar-refractivity contribution in [1.82, 2.24) is 19.4 Å². The number of anilines is 1. The van der Waals surface area contributed by atoms with E-state index in [4.69, 9.17) is 14.1 Å². The number of carbonyl (C=O) groups is 1. The van der Waals surface area contributed by atoms with Crippen molar-refractivity contribution in [3.63, 3.8) is 0 Å². The minimum absolute atomic E-state index is 0.0105. The van der Waals surface area contributed by atoms with E-state index in [-0.39, 0.29) is 11.5 Å². The molecule has 0 unspecified atom stereocenters. The Hall–Kier alpha value is -4.09. The lowest BCUT2D eigenvalue weighted by Crippen LogP contribution is -2.49. The van der Waals surface area contributed by atoms with Gasteiger partial charge in [-0.25, -0.2) is 9.97 Å². The molecule has 3 aromatic heterocycles. The number of aromatic nitrogens is 3. The monoisotopic (exact) mass is 627 g/mol. The summed E-state index contributed by atoms with van der Waals surface area (Å²) in [6, 6.07) is 17.9. The SMILES string of the molecule is COc1ccccc1N1CCN(C(=O)c2coc(CSc3nc4sc5c(c4c(=O)n3Cc3ccccc3)CCCC5)n2)CC1. The van der Waals surface area contributed by atoms with Crippen LogP contribution in [0.15, 0.2) is 75.2 Å². The minimum Gasteiger partial charge on any atom is -0.495 e. The summed E-state index contributed by atoms with van der Waals surface area (Å²) in [6.07, 6.45) is 5.65. The van der Waals surface area contributed by atoms with Crippen LogP contribution in [0.1, 0.15) is 45.2 Å². The molecule has 7 rings (SSSR count). The van der Waals surface area contributed by atoms with E-state index in [2.05, 4.69) is 9.88 Å². The first-order valence-corrected chi connectivity index (χ1v) is 16.7. The minimum atomic E-state index is -0.144. The molecule has 4 heterocycles. The molecule has 1 aliphatic carbocycles. The van der Waals surface area contributed by atoms with Crippen LogP contribution in [-0.2, 0) is 25.1 Å². The highest BCUT2D eigenvalue weighted by atomic mass is 32.2. The number of ether oxygens (including phenoxy) is 1. The fourth-order valence-corrected chi connectivity index (χ4v) is 8.19. The molecule has 1 saturated heterocycles. The molecule has 1 amide bonds. The van der Waals surface area contributed by atoms with Crippen molar-refractivity contribution in [2.75, 3.05) is 38.2 Å². The number of aryl methyl sites for hydroxylation is 2. The fraction of sp³-hybridized carbons (Fsp3) is 0.333. The Morgan fingerprint density at radius 2 is 1.77 bits per heavy atom. The molecule has 0 atom stereocenters. The van der Waals surface area contributed by atoms with E-state index >= 15 is 0 Å². The molecule has 0 bridgehead atoms. The van der Waals surface area contributed by atoms with E-state index in [0.29, 0.717) is 55.2 Å². The molecule has 9 nitrogen and oxygen atoms in total. The topological polar surface area (TPSA) is 93.7 Å². The highest BCUT2D eigenvalue weighted by molar-refractivity contribution is 7.98. The number of oxazole rings is 1. The summed E-state index contributed by atoms with van der Waals surface area (Å²) in [5, 5.41) is 1.41. The molecule has 1 fully saturated rings. The smallest absolute Gasteiger partial charge is 0.275 e. The third-order valence-electron chi connectivity index (χ3n) is 8.31. The predicted molar refractivity (Wildman–Crippen MR) is 173 cm³/mol. The molecule has 2 aliphatic rings. The van der Waals surface area contributed by atoms with Gasteiger partial charge in [0, 0.05) is 31.1 Å². The highest BCUT2D eigenvalue weighted by Gasteiger charge is 2.26. The number of hydrogen-bond donors (Lipinski definition) is 0. The third-order valence-corrected chi connectivity index (χ3v) is 10.5. The number of thioether (sulfide) groups is 1. The number of thiophene rings is 1. The van der Waals surface area contributed by atoms with Gasteiger partial charge in [0.25, 0.3) is 11.5 Å². The van der Waals surface area contributed by atoms with Gasteiger partial charge in [-0.1, -0.05) is 54.2 Å². The lowest BCUT2D eigenvalue weighted by Gasteiger charge is -2.36. The predicted octanol–water partition coefficient (Wildman–Crippen LogP) is 5.64. The van der Waals surface area contributed by atoms with Gasteiger partial charge in [-0.05, 0) is 48.9 Å². The highest BCUT2D eigenvalue weighted by Crippen LogP contribution is 2.35. The molecule has 0 radical (unpaired) electrons. The van der Waals surface area contributed by atoms with Crippen LogP contribution in [0.4, 0.5) is 5.69 Å². The summed E-state index contributed by atoms with van der Waals surface area (Å²) in [5.41, 5.74) is 3.56. The van der Waals surface area contributed by atoms with E-state index in [0.717, 1.165) is 52.9 Å². The molecular formula is C33H33N5O4S2. The molecule has 0 spiro atoms. The van der Waals surface area contributed by atoms with Crippen molar-refractivity contribution in [3.8, 4) is 5.75 Å². The van der Waals surface area contributed by atoms with Crippen LogP contribution in [0.3, 0.4) is 0 Å². The Balaban J connectivity index is 1.07. The van der Waals surface area contributed by atoms with Gasteiger partial charge in [-0.2, -0.15) is 0 Å².